The maximum absolute atomic E-state index is 13.6. The Labute approximate surface area is 322 Å². The van der Waals surface area contributed by atoms with Crippen LogP contribution in [-0.4, -0.2) is 28.7 Å². The van der Waals surface area contributed by atoms with E-state index >= 15 is 0 Å². The van der Waals surface area contributed by atoms with Crippen molar-refractivity contribution in [2.24, 2.45) is 0 Å². The van der Waals surface area contributed by atoms with Crippen LogP contribution in [0.5, 0.6) is 0 Å². The van der Waals surface area contributed by atoms with Crippen molar-refractivity contribution < 1.29 is 0 Å². The molecule has 8 heteroatoms. The molecule has 10 rings (SSSR count). The van der Waals surface area contributed by atoms with Crippen molar-refractivity contribution in [3.05, 3.63) is 202 Å². The average Bonchev–Trinajstić information content (AvgIpc) is 3.89. The summed E-state index contributed by atoms with van der Waals surface area (Å²) in [7, 11) is 0. The van der Waals surface area contributed by atoms with Crippen molar-refractivity contribution in [1.82, 2.24) is 28.7 Å². The average molecular weight is 731 g/mol. The molecule has 0 unspecified atom stereocenters. The first-order valence-corrected chi connectivity index (χ1v) is 18.9. The van der Waals surface area contributed by atoms with Gasteiger partial charge < -0.3 is 0 Å². The number of fused-ring (bicyclic) bond motifs is 4. The SMILES string of the molecule is CCc1c(-c2ccccc2)n(-n2ccc3cccnc32)c(=O)c2ccccc12.CCc1c(-c2ccccc2)n(-n2ccc3cccnc32)c(=O)c2ccccc12. The van der Waals surface area contributed by atoms with Gasteiger partial charge in [-0.05, 0) is 83.3 Å². The number of rotatable bonds is 6. The zero-order valence-electron chi connectivity index (χ0n) is 31.1. The summed E-state index contributed by atoms with van der Waals surface area (Å²) in [6.07, 6.45) is 8.98. The van der Waals surface area contributed by atoms with Crippen LogP contribution in [0.1, 0.15) is 25.0 Å². The number of nitrogens with zero attached hydrogens (tertiary/aromatic N) is 6. The lowest BCUT2D eigenvalue weighted by Crippen LogP contribution is -2.29. The van der Waals surface area contributed by atoms with Crippen LogP contribution in [0.3, 0.4) is 0 Å². The van der Waals surface area contributed by atoms with E-state index < -0.39 is 0 Å². The molecule has 0 aliphatic rings. The van der Waals surface area contributed by atoms with E-state index in [2.05, 4.69) is 48.1 Å². The minimum atomic E-state index is -0.0465. The van der Waals surface area contributed by atoms with Gasteiger partial charge in [-0.2, -0.15) is 0 Å². The Morgan fingerprint density at radius 2 is 0.804 bits per heavy atom. The Kier molecular flexibility index (Phi) is 8.91. The fourth-order valence-electron chi connectivity index (χ4n) is 7.95. The van der Waals surface area contributed by atoms with Crippen molar-refractivity contribution in [2.45, 2.75) is 26.7 Å². The van der Waals surface area contributed by atoms with Crippen LogP contribution >= 0.6 is 0 Å². The zero-order chi connectivity index (χ0) is 38.2. The lowest BCUT2D eigenvalue weighted by atomic mass is 9.98. The van der Waals surface area contributed by atoms with Crippen LogP contribution in [-0.2, 0) is 12.8 Å². The number of benzene rings is 4. The number of aromatic nitrogens is 6. The number of pyridine rings is 4. The van der Waals surface area contributed by atoms with E-state index in [-0.39, 0.29) is 11.1 Å². The molecule has 0 saturated heterocycles. The third-order valence-electron chi connectivity index (χ3n) is 10.4. The van der Waals surface area contributed by atoms with E-state index in [1.165, 1.54) is 0 Å². The molecular formula is C48H38N6O2. The van der Waals surface area contributed by atoms with E-state index in [0.29, 0.717) is 0 Å². The van der Waals surface area contributed by atoms with Gasteiger partial charge in [0.05, 0.1) is 11.4 Å². The summed E-state index contributed by atoms with van der Waals surface area (Å²) in [5, 5.41) is 5.46. The highest BCUT2D eigenvalue weighted by Gasteiger charge is 2.21. The largest absolute Gasteiger partial charge is 0.278 e. The second kappa shape index (κ2) is 14.5. The minimum absolute atomic E-state index is 0.0465. The smallest absolute Gasteiger partial charge is 0.267 e. The molecule has 0 radical (unpaired) electrons. The normalized spacial score (nSPS) is 11.3. The molecule has 8 nitrogen and oxygen atoms in total. The van der Waals surface area contributed by atoms with Crippen LogP contribution in [0.15, 0.2) is 180 Å². The van der Waals surface area contributed by atoms with Gasteiger partial charge >= 0.3 is 0 Å². The highest BCUT2D eigenvalue weighted by Crippen LogP contribution is 2.32. The number of hydrogen-bond donors (Lipinski definition) is 0. The molecule has 4 aromatic carbocycles. The predicted octanol–water partition coefficient (Wildman–Crippen LogP) is 9.78. The summed E-state index contributed by atoms with van der Waals surface area (Å²) >= 11 is 0. The Hall–Kier alpha value is -7.32. The van der Waals surface area contributed by atoms with Crippen LogP contribution in [0.25, 0.3) is 66.1 Å². The van der Waals surface area contributed by atoms with Crippen molar-refractivity contribution in [3.8, 4) is 22.5 Å². The van der Waals surface area contributed by atoms with Gasteiger partial charge in [-0.25, -0.2) is 28.7 Å². The van der Waals surface area contributed by atoms with Gasteiger partial charge in [-0.1, -0.05) is 111 Å². The van der Waals surface area contributed by atoms with Gasteiger partial charge in [0.25, 0.3) is 11.1 Å². The first-order chi connectivity index (χ1) is 27.6. The highest BCUT2D eigenvalue weighted by atomic mass is 16.1. The summed E-state index contributed by atoms with van der Waals surface area (Å²) < 4.78 is 7.27. The Bertz CT molecular complexity index is 2940. The molecule has 0 fully saturated rings. The summed E-state index contributed by atoms with van der Waals surface area (Å²) in [5.41, 5.74) is 7.59. The maximum atomic E-state index is 13.6. The Balaban J connectivity index is 0.000000146. The molecule has 6 heterocycles. The van der Waals surface area contributed by atoms with Crippen LogP contribution in [0.2, 0.25) is 0 Å². The number of aryl methyl sites for hydroxylation is 2. The second-order valence-electron chi connectivity index (χ2n) is 13.6. The van der Waals surface area contributed by atoms with Gasteiger partial charge in [0.1, 0.15) is 0 Å². The molecule has 0 bridgehead atoms. The van der Waals surface area contributed by atoms with Crippen molar-refractivity contribution >= 4 is 43.6 Å². The molecule has 6 aromatic heterocycles. The van der Waals surface area contributed by atoms with Gasteiger partial charge in [0.2, 0.25) is 0 Å². The van der Waals surface area contributed by atoms with Crippen LogP contribution in [0, 0.1) is 0 Å². The molecule has 0 spiro atoms. The van der Waals surface area contributed by atoms with E-state index in [1.54, 1.807) is 21.7 Å². The highest BCUT2D eigenvalue weighted by molar-refractivity contribution is 5.91. The van der Waals surface area contributed by atoms with E-state index in [4.69, 9.17) is 0 Å². The monoisotopic (exact) mass is 730 g/mol. The lowest BCUT2D eigenvalue weighted by Gasteiger charge is -2.20. The van der Waals surface area contributed by atoms with Gasteiger partial charge in [0.15, 0.2) is 11.3 Å². The quantitative estimate of drug-likeness (QED) is 0.171. The van der Waals surface area contributed by atoms with Gasteiger partial charge in [0, 0.05) is 57.5 Å². The third kappa shape index (κ3) is 5.70. The first kappa shape index (κ1) is 34.4. The molecule has 0 aliphatic heterocycles. The minimum Gasteiger partial charge on any atom is -0.267 e. The van der Waals surface area contributed by atoms with E-state index in [1.807, 2.05) is 143 Å². The Morgan fingerprint density at radius 3 is 1.20 bits per heavy atom. The molecule has 0 aliphatic carbocycles. The molecule has 272 valence electrons. The van der Waals surface area contributed by atoms with Crippen LogP contribution < -0.4 is 11.1 Å². The van der Waals surface area contributed by atoms with Gasteiger partial charge in [-0.15, -0.1) is 0 Å². The standard InChI is InChI=1S/2C24H19N3O/c2*1-2-19-20-12-6-7-13-21(20)24(28)27(22(19)17-9-4-3-5-10-17)26-16-14-18-11-8-15-25-23(18)26/h2*3-16H,2H2,1H3. The molecule has 10 aromatic rings. The summed E-state index contributed by atoms with van der Waals surface area (Å²) in [5.74, 6) is 0. The van der Waals surface area contributed by atoms with Crippen molar-refractivity contribution in [1.29, 1.82) is 0 Å². The maximum Gasteiger partial charge on any atom is 0.278 e. The summed E-state index contributed by atoms with van der Waals surface area (Å²) in [4.78, 5) is 36.4. The summed E-state index contributed by atoms with van der Waals surface area (Å²) in [6.45, 7) is 4.27. The molecule has 56 heavy (non-hydrogen) atoms. The molecule has 0 saturated carbocycles. The summed E-state index contributed by atoms with van der Waals surface area (Å²) in [6, 6.07) is 47.7. The molecular weight excluding hydrogens is 693 g/mol. The third-order valence-corrected chi connectivity index (χ3v) is 10.4. The molecule has 0 amide bonds. The molecule has 0 N–H and O–H groups in total. The van der Waals surface area contributed by atoms with Crippen molar-refractivity contribution in [2.75, 3.05) is 0 Å². The topological polar surface area (TPSA) is 79.6 Å². The fourth-order valence-corrected chi connectivity index (χ4v) is 7.95. The first-order valence-electron chi connectivity index (χ1n) is 18.9. The van der Waals surface area contributed by atoms with E-state index in [0.717, 1.165) is 90.1 Å². The van der Waals surface area contributed by atoms with E-state index in [9.17, 15) is 9.59 Å². The predicted molar refractivity (Wildman–Crippen MR) is 227 cm³/mol. The lowest BCUT2D eigenvalue weighted by molar-refractivity contribution is 0.660. The number of hydrogen-bond acceptors (Lipinski definition) is 4. The van der Waals surface area contributed by atoms with Gasteiger partial charge in [-0.3, -0.25) is 9.59 Å². The second-order valence-corrected chi connectivity index (χ2v) is 13.6. The fraction of sp³-hybridized carbons (Fsp3) is 0.0833. The van der Waals surface area contributed by atoms with Crippen molar-refractivity contribution in [3.63, 3.8) is 0 Å². The zero-order valence-corrected chi connectivity index (χ0v) is 31.1. The molecule has 0 atom stereocenters. The van der Waals surface area contributed by atoms with Crippen LogP contribution in [0.4, 0.5) is 0 Å². The Morgan fingerprint density at radius 1 is 0.429 bits per heavy atom.